The fourth-order valence-electron chi connectivity index (χ4n) is 3.02. The number of nitriles is 2. The van der Waals surface area contributed by atoms with Crippen LogP contribution in [0.3, 0.4) is 0 Å². The quantitative estimate of drug-likeness (QED) is 0.264. The molecule has 0 aliphatic heterocycles. The third-order valence-corrected chi connectivity index (χ3v) is 9.36. The van der Waals surface area contributed by atoms with Gasteiger partial charge in [0, 0.05) is 25.9 Å². The van der Waals surface area contributed by atoms with Gasteiger partial charge in [0.15, 0.2) is 4.58 Å². The van der Waals surface area contributed by atoms with Gasteiger partial charge in [-0.05, 0) is 32.1 Å². The average molecular weight is 463 g/mol. The van der Waals surface area contributed by atoms with E-state index >= 15 is 0 Å². The first kappa shape index (κ1) is 28.8. The summed E-state index contributed by atoms with van der Waals surface area (Å²) in [4.78, 5) is 0. The van der Waals surface area contributed by atoms with Crippen LogP contribution in [0.5, 0.6) is 0 Å². The van der Waals surface area contributed by atoms with Gasteiger partial charge in [-0.15, -0.1) is 0 Å². The monoisotopic (exact) mass is 462 g/mol. The Morgan fingerprint density at radius 3 is 1.53 bits per heavy atom. The molecule has 0 heterocycles. The van der Waals surface area contributed by atoms with Gasteiger partial charge < -0.3 is 0 Å². The van der Waals surface area contributed by atoms with Crippen LogP contribution in [-0.2, 0) is 20.0 Å². The van der Waals surface area contributed by atoms with Crippen LogP contribution < -0.4 is 9.44 Å². The van der Waals surface area contributed by atoms with Crippen molar-refractivity contribution in [1.82, 2.24) is 9.44 Å². The van der Waals surface area contributed by atoms with E-state index in [0.29, 0.717) is 44.9 Å². The third-order valence-electron chi connectivity index (χ3n) is 4.77. The number of sulfonamides is 2. The minimum Gasteiger partial charge on any atom is -0.214 e. The molecule has 0 rings (SSSR count). The highest BCUT2D eigenvalue weighted by atomic mass is 32.3. The summed E-state index contributed by atoms with van der Waals surface area (Å²) in [5.74, 6) is 0. The SMILES string of the molecule is CCCCCCCCCC(S(=O)(=O)NCCCCC#N)S(=O)(=O)NCCCCC#N. The highest BCUT2D eigenvalue weighted by Crippen LogP contribution is 2.18. The zero-order chi connectivity index (χ0) is 22.7. The standard InChI is InChI=1S/C20H38N4O4S2/c1-2-3-4-5-6-7-10-15-20(29(25,26)23-18-13-8-11-16-21)30(27,28)24-19-14-9-12-17-22/h20,23-24H,2-15,18-19H2,1H3. The van der Waals surface area contributed by atoms with E-state index in [2.05, 4.69) is 16.4 Å². The Hall–Kier alpha value is -1.20. The Morgan fingerprint density at radius 1 is 0.667 bits per heavy atom. The summed E-state index contributed by atoms with van der Waals surface area (Å²) in [5.41, 5.74) is 0. The summed E-state index contributed by atoms with van der Waals surface area (Å²) >= 11 is 0. The van der Waals surface area contributed by atoms with E-state index < -0.39 is 24.6 Å². The van der Waals surface area contributed by atoms with Crippen molar-refractivity contribution in [1.29, 1.82) is 10.5 Å². The molecule has 0 unspecified atom stereocenters. The Labute approximate surface area is 183 Å². The largest absolute Gasteiger partial charge is 0.230 e. The van der Waals surface area contributed by atoms with Gasteiger partial charge in [0.25, 0.3) is 0 Å². The number of unbranched alkanes of at least 4 members (excludes halogenated alkanes) is 10. The molecule has 0 aromatic heterocycles. The van der Waals surface area contributed by atoms with Gasteiger partial charge >= 0.3 is 0 Å². The average Bonchev–Trinajstić information content (AvgIpc) is 2.69. The lowest BCUT2D eigenvalue weighted by atomic mass is 10.1. The molecule has 0 saturated carbocycles. The maximum atomic E-state index is 12.7. The van der Waals surface area contributed by atoms with Crippen molar-refractivity contribution in [3.05, 3.63) is 0 Å². The summed E-state index contributed by atoms with van der Waals surface area (Å²) in [6.07, 6.45) is 9.67. The van der Waals surface area contributed by atoms with Crippen LogP contribution in [0.1, 0.15) is 96.8 Å². The lowest BCUT2D eigenvalue weighted by Crippen LogP contribution is -2.45. The Kier molecular flexibility index (Phi) is 16.8. The second-order valence-corrected chi connectivity index (χ2v) is 11.6. The Bertz CT molecular complexity index is 671. The molecule has 0 spiro atoms. The van der Waals surface area contributed by atoms with Crippen molar-refractivity contribution in [3.8, 4) is 12.1 Å². The van der Waals surface area contributed by atoms with E-state index in [1.165, 1.54) is 6.42 Å². The lowest BCUT2D eigenvalue weighted by molar-refractivity contribution is 0.535. The normalized spacial score (nSPS) is 12.0. The predicted molar refractivity (Wildman–Crippen MR) is 119 cm³/mol. The van der Waals surface area contributed by atoms with Crippen LogP contribution in [0.4, 0.5) is 0 Å². The van der Waals surface area contributed by atoms with Crippen molar-refractivity contribution in [3.63, 3.8) is 0 Å². The van der Waals surface area contributed by atoms with Gasteiger partial charge in [-0.25, -0.2) is 26.3 Å². The molecule has 0 fully saturated rings. The molecule has 0 atom stereocenters. The highest BCUT2D eigenvalue weighted by molar-refractivity contribution is 8.07. The van der Waals surface area contributed by atoms with Crippen LogP contribution in [0.15, 0.2) is 0 Å². The number of nitrogens with one attached hydrogen (secondary N) is 2. The van der Waals surface area contributed by atoms with Crippen LogP contribution in [0, 0.1) is 22.7 Å². The molecule has 174 valence electrons. The molecule has 0 amide bonds. The maximum Gasteiger partial charge on any atom is 0.230 e. The molecular formula is C20H38N4O4S2. The Morgan fingerprint density at radius 2 is 1.10 bits per heavy atom. The van der Waals surface area contributed by atoms with Gasteiger partial charge in [0.1, 0.15) is 0 Å². The molecule has 0 aliphatic carbocycles. The number of hydrogen-bond donors (Lipinski definition) is 2. The van der Waals surface area contributed by atoms with E-state index in [4.69, 9.17) is 10.5 Å². The molecule has 0 aromatic carbocycles. The summed E-state index contributed by atoms with van der Waals surface area (Å²) in [6.45, 7) is 2.38. The first-order valence-corrected chi connectivity index (χ1v) is 14.1. The predicted octanol–water partition coefficient (Wildman–Crippen LogP) is 3.68. The first-order chi connectivity index (χ1) is 14.3. The zero-order valence-electron chi connectivity index (χ0n) is 18.2. The molecule has 10 heteroatoms. The summed E-state index contributed by atoms with van der Waals surface area (Å²) in [7, 11) is -8.10. The molecule has 2 N–H and O–H groups in total. The molecule has 0 bridgehead atoms. The molecular weight excluding hydrogens is 424 g/mol. The topological polar surface area (TPSA) is 140 Å². The molecule has 0 aromatic rings. The summed E-state index contributed by atoms with van der Waals surface area (Å²) in [6, 6.07) is 4.00. The first-order valence-electron chi connectivity index (χ1n) is 11.0. The molecule has 30 heavy (non-hydrogen) atoms. The van der Waals surface area contributed by atoms with E-state index in [1.807, 2.05) is 12.1 Å². The fourth-order valence-corrected chi connectivity index (χ4v) is 6.94. The smallest absolute Gasteiger partial charge is 0.214 e. The van der Waals surface area contributed by atoms with Gasteiger partial charge in [0.2, 0.25) is 20.0 Å². The maximum absolute atomic E-state index is 12.7. The summed E-state index contributed by atoms with van der Waals surface area (Å²) in [5, 5.41) is 17.1. The van der Waals surface area contributed by atoms with Gasteiger partial charge in [0.05, 0.1) is 12.1 Å². The van der Waals surface area contributed by atoms with E-state index in [1.54, 1.807) is 0 Å². The molecule has 8 nitrogen and oxygen atoms in total. The van der Waals surface area contributed by atoms with Crippen molar-refractivity contribution in [2.75, 3.05) is 13.1 Å². The third kappa shape index (κ3) is 13.9. The van der Waals surface area contributed by atoms with E-state index in [9.17, 15) is 16.8 Å². The van der Waals surface area contributed by atoms with Crippen molar-refractivity contribution in [2.24, 2.45) is 0 Å². The summed E-state index contributed by atoms with van der Waals surface area (Å²) < 4.78 is 54.1. The van der Waals surface area contributed by atoms with Crippen LogP contribution in [0.2, 0.25) is 0 Å². The number of hydrogen-bond acceptors (Lipinski definition) is 6. The second-order valence-electron chi connectivity index (χ2n) is 7.45. The number of rotatable bonds is 20. The van der Waals surface area contributed by atoms with Crippen molar-refractivity contribution in [2.45, 2.75) is 101 Å². The van der Waals surface area contributed by atoms with Crippen LogP contribution >= 0.6 is 0 Å². The van der Waals surface area contributed by atoms with Gasteiger partial charge in [-0.3, -0.25) is 0 Å². The van der Waals surface area contributed by atoms with Gasteiger partial charge in [-0.1, -0.05) is 51.9 Å². The van der Waals surface area contributed by atoms with Crippen LogP contribution in [0.25, 0.3) is 0 Å². The molecule has 0 aliphatic rings. The minimum absolute atomic E-state index is 0.0504. The van der Waals surface area contributed by atoms with Crippen molar-refractivity contribution >= 4 is 20.0 Å². The number of nitrogens with zero attached hydrogens (tertiary/aromatic N) is 2. The Balaban J connectivity index is 4.84. The zero-order valence-corrected chi connectivity index (χ0v) is 19.9. The molecule has 0 saturated heterocycles. The molecule has 0 radical (unpaired) electrons. The van der Waals surface area contributed by atoms with Gasteiger partial charge in [-0.2, -0.15) is 10.5 Å². The van der Waals surface area contributed by atoms with E-state index in [0.717, 1.165) is 32.1 Å². The highest BCUT2D eigenvalue weighted by Gasteiger charge is 2.36. The van der Waals surface area contributed by atoms with Crippen LogP contribution in [-0.4, -0.2) is 34.5 Å². The van der Waals surface area contributed by atoms with Crippen molar-refractivity contribution < 1.29 is 16.8 Å². The fraction of sp³-hybridized carbons (Fsp3) is 0.900. The van der Waals surface area contributed by atoms with E-state index in [-0.39, 0.29) is 19.5 Å². The minimum atomic E-state index is -4.05. The second kappa shape index (κ2) is 17.5. The lowest BCUT2D eigenvalue weighted by Gasteiger charge is -2.19.